The third-order valence-electron chi connectivity index (χ3n) is 6.34. The quantitative estimate of drug-likeness (QED) is 0.864. The highest BCUT2D eigenvalue weighted by Gasteiger charge is 2.46. The Hall–Kier alpha value is -1.10. The zero-order valence-electron chi connectivity index (χ0n) is 14.2. The molecule has 0 unspecified atom stereocenters. The van der Waals surface area contributed by atoms with Crippen LogP contribution in [0.1, 0.15) is 64.2 Å². The molecular weight excluding hydrogens is 292 g/mol. The van der Waals surface area contributed by atoms with E-state index in [1.165, 1.54) is 25.7 Å². The second kappa shape index (κ2) is 7.20. The smallest absolute Gasteiger partial charge is 0.320 e. The second-order valence-corrected chi connectivity index (χ2v) is 7.67. The summed E-state index contributed by atoms with van der Waals surface area (Å²) < 4.78 is 0. The number of hydrogen-bond acceptors (Lipinski definition) is 3. The number of hydrogen-bond donors (Lipinski definition) is 1. The number of nitrogens with zero attached hydrogens (tertiary/aromatic N) is 2. The molecule has 0 aromatic carbocycles. The number of carboxylic acid groups (broad SMARTS) is 1. The van der Waals surface area contributed by atoms with Crippen LogP contribution in [-0.4, -0.2) is 58.5 Å². The molecule has 1 saturated heterocycles. The molecule has 3 atom stereocenters. The Labute approximate surface area is 139 Å². The minimum Gasteiger partial charge on any atom is -0.480 e. The van der Waals surface area contributed by atoms with Crippen molar-refractivity contribution < 1.29 is 14.7 Å². The van der Waals surface area contributed by atoms with Crippen LogP contribution in [0, 0.1) is 5.92 Å². The number of aliphatic carboxylic acids is 1. The summed E-state index contributed by atoms with van der Waals surface area (Å²) in [6, 6.07) is 0.185. The molecule has 1 N–H and O–H groups in total. The fraction of sp³-hybridized carbons (Fsp3) is 0.889. The number of likely N-dealkylation sites (N-methyl/N-ethyl adjacent to an activating group) is 1. The Kier molecular flexibility index (Phi) is 5.24. The van der Waals surface area contributed by atoms with Gasteiger partial charge in [0.25, 0.3) is 0 Å². The van der Waals surface area contributed by atoms with Gasteiger partial charge in [0.1, 0.15) is 6.04 Å². The number of amides is 1. The van der Waals surface area contributed by atoms with Crippen molar-refractivity contribution in [1.82, 2.24) is 9.80 Å². The Morgan fingerprint density at radius 2 is 1.70 bits per heavy atom. The summed E-state index contributed by atoms with van der Waals surface area (Å²) in [5.74, 6) is -0.181. The number of rotatable bonds is 4. The van der Waals surface area contributed by atoms with Crippen LogP contribution < -0.4 is 0 Å². The normalized spacial score (nSPS) is 32.5. The molecule has 0 aromatic heterocycles. The lowest BCUT2D eigenvalue weighted by molar-refractivity contribution is -0.144. The van der Waals surface area contributed by atoms with Crippen molar-refractivity contribution in [2.75, 3.05) is 13.6 Å². The maximum atomic E-state index is 12.7. The van der Waals surface area contributed by atoms with Gasteiger partial charge in [0, 0.05) is 19.1 Å². The van der Waals surface area contributed by atoms with Crippen molar-refractivity contribution >= 4 is 11.9 Å². The molecule has 5 heteroatoms. The standard InChI is InChI=1S/C18H30N2O3/c1-19(14-8-3-2-4-9-14)17(21)12-20-15-10-6-5-7-13(15)11-16(20)18(22)23/h13-16H,2-12H2,1H3,(H,22,23)/t13-,15+,16+/m1/s1. The Bertz CT molecular complexity index is 448. The maximum Gasteiger partial charge on any atom is 0.320 e. The summed E-state index contributed by atoms with van der Waals surface area (Å²) >= 11 is 0. The Morgan fingerprint density at radius 3 is 2.39 bits per heavy atom. The molecule has 5 nitrogen and oxygen atoms in total. The Balaban J connectivity index is 1.65. The molecule has 2 aliphatic carbocycles. The number of carboxylic acids is 1. The van der Waals surface area contributed by atoms with Gasteiger partial charge in [-0.1, -0.05) is 32.1 Å². The lowest BCUT2D eigenvalue weighted by atomic mass is 9.85. The van der Waals surface area contributed by atoms with E-state index < -0.39 is 12.0 Å². The van der Waals surface area contributed by atoms with Crippen molar-refractivity contribution in [3.8, 4) is 0 Å². The zero-order chi connectivity index (χ0) is 16.4. The Morgan fingerprint density at radius 1 is 1.04 bits per heavy atom. The first-order chi connectivity index (χ1) is 11.1. The zero-order valence-corrected chi connectivity index (χ0v) is 14.2. The molecule has 0 spiro atoms. The first-order valence-electron chi connectivity index (χ1n) is 9.32. The average molecular weight is 322 g/mol. The molecule has 3 rings (SSSR count). The van der Waals surface area contributed by atoms with Crippen LogP contribution in [0.15, 0.2) is 0 Å². The fourth-order valence-corrected chi connectivity index (χ4v) is 4.96. The molecule has 0 radical (unpaired) electrons. The summed E-state index contributed by atoms with van der Waals surface area (Å²) in [6.07, 6.45) is 11.1. The first kappa shape index (κ1) is 16.7. The molecule has 23 heavy (non-hydrogen) atoms. The van der Waals surface area contributed by atoms with E-state index in [4.69, 9.17) is 0 Å². The van der Waals surface area contributed by atoms with Crippen LogP contribution in [0.2, 0.25) is 0 Å². The van der Waals surface area contributed by atoms with Crippen LogP contribution in [0.4, 0.5) is 0 Å². The van der Waals surface area contributed by atoms with Gasteiger partial charge >= 0.3 is 5.97 Å². The van der Waals surface area contributed by atoms with E-state index in [1.807, 2.05) is 16.8 Å². The summed E-state index contributed by atoms with van der Waals surface area (Å²) in [7, 11) is 1.91. The van der Waals surface area contributed by atoms with Crippen molar-refractivity contribution in [3.05, 3.63) is 0 Å². The number of carbonyl (C=O) groups is 2. The molecule has 3 fully saturated rings. The number of fused-ring (bicyclic) bond motifs is 1. The van der Waals surface area contributed by atoms with E-state index in [0.717, 1.165) is 38.5 Å². The third kappa shape index (κ3) is 3.54. The van der Waals surface area contributed by atoms with E-state index >= 15 is 0 Å². The van der Waals surface area contributed by atoms with Gasteiger partial charge in [-0.05, 0) is 38.0 Å². The van der Waals surface area contributed by atoms with Crippen LogP contribution in [0.5, 0.6) is 0 Å². The van der Waals surface area contributed by atoms with Gasteiger partial charge in [-0.2, -0.15) is 0 Å². The predicted molar refractivity (Wildman–Crippen MR) is 88.1 cm³/mol. The third-order valence-corrected chi connectivity index (χ3v) is 6.34. The SMILES string of the molecule is CN(C(=O)CN1[C@H](C(=O)O)C[C@H]2CCCC[C@@H]21)C1CCCCC1. The maximum absolute atomic E-state index is 12.7. The van der Waals surface area contributed by atoms with Crippen molar-refractivity contribution in [2.45, 2.75) is 82.3 Å². The van der Waals surface area contributed by atoms with Crippen LogP contribution in [0.25, 0.3) is 0 Å². The monoisotopic (exact) mass is 322 g/mol. The highest BCUT2D eigenvalue weighted by atomic mass is 16.4. The van der Waals surface area contributed by atoms with Crippen LogP contribution in [0.3, 0.4) is 0 Å². The predicted octanol–water partition coefficient (Wildman–Crippen LogP) is 2.50. The van der Waals surface area contributed by atoms with E-state index in [1.54, 1.807) is 0 Å². The van der Waals surface area contributed by atoms with Gasteiger partial charge in [-0.25, -0.2) is 0 Å². The van der Waals surface area contributed by atoms with Gasteiger partial charge in [-0.3, -0.25) is 14.5 Å². The van der Waals surface area contributed by atoms with Crippen LogP contribution in [-0.2, 0) is 9.59 Å². The molecular formula is C18H30N2O3. The largest absolute Gasteiger partial charge is 0.480 e. The summed E-state index contributed by atoms with van der Waals surface area (Å²) in [5, 5.41) is 9.56. The molecule has 1 heterocycles. The molecule has 130 valence electrons. The molecule has 2 saturated carbocycles. The first-order valence-corrected chi connectivity index (χ1v) is 9.32. The summed E-state index contributed by atoms with van der Waals surface area (Å²) in [6.45, 7) is 0.283. The van der Waals surface area contributed by atoms with Gasteiger partial charge in [0.15, 0.2) is 0 Å². The van der Waals surface area contributed by atoms with Crippen molar-refractivity contribution in [2.24, 2.45) is 5.92 Å². The summed E-state index contributed by atoms with van der Waals surface area (Å²) in [5.41, 5.74) is 0. The highest BCUT2D eigenvalue weighted by molar-refractivity contribution is 5.80. The van der Waals surface area contributed by atoms with E-state index in [0.29, 0.717) is 18.0 Å². The average Bonchev–Trinajstić information content (AvgIpc) is 2.94. The molecule has 0 aromatic rings. The fourth-order valence-electron chi connectivity index (χ4n) is 4.96. The van der Waals surface area contributed by atoms with Gasteiger partial charge in [-0.15, -0.1) is 0 Å². The molecule has 1 aliphatic heterocycles. The van der Waals surface area contributed by atoms with E-state index in [2.05, 4.69) is 0 Å². The molecule has 1 amide bonds. The lowest BCUT2D eigenvalue weighted by Gasteiger charge is -2.36. The van der Waals surface area contributed by atoms with E-state index in [-0.39, 0.29) is 12.5 Å². The van der Waals surface area contributed by atoms with E-state index in [9.17, 15) is 14.7 Å². The number of likely N-dealkylation sites (tertiary alicyclic amines) is 1. The molecule has 0 bridgehead atoms. The number of carbonyl (C=O) groups excluding carboxylic acids is 1. The van der Waals surface area contributed by atoms with Crippen LogP contribution >= 0.6 is 0 Å². The lowest BCUT2D eigenvalue weighted by Crippen LogP contribution is -2.50. The minimum absolute atomic E-state index is 0.106. The summed E-state index contributed by atoms with van der Waals surface area (Å²) in [4.78, 5) is 28.3. The van der Waals surface area contributed by atoms with Gasteiger partial charge in [0.2, 0.25) is 5.91 Å². The van der Waals surface area contributed by atoms with Crippen molar-refractivity contribution in [1.29, 1.82) is 0 Å². The van der Waals surface area contributed by atoms with Gasteiger partial charge in [0.05, 0.1) is 6.54 Å². The second-order valence-electron chi connectivity index (χ2n) is 7.67. The van der Waals surface area contributed by atoms with Crippen molar-refractivity contribution in [3.63, 3.8) is 0 Å². The topological polar surface area (TPSA) is 60.9 Å². The highest BCUT2D eigenvalue weighted by Crippen LogP contribution is 2.39. The van der Waals surface area contributed by atoms with Gasteiger partial charge < -0.3 is 10.0 Å². The minimum atomic E-state index is -0.757. The molecule has 3 aliphatic rings.